The SMILES string of the molecule is Cc1c(C)c(C)c(CNc2cc([N+](=O)[O-])cc(S(N)(=O)=O)c2)c(C)c1C. The van der Waals surface area contributed by atoms with Crippen LogP contribution in [0.3, 0.4) is 0 Å². The zero-order chi connectivity index (χ0) is 19.8. The van der Waals surface area contributed by atoms with Gasteiger partial charge in [-0.1, -0.05) is 0 Å². The molecule has 7 nitrogen and oxygen atoms in total. The van der Waals surface area contributed by atoms with E-state index in [1.54, 1.807) is 0 Å². The van der Waals surface area contributed by atoms with Crippen LogP contribution in [0.1, 0.15) is 33.4 Å². The zero-order valence-electron chi connectivity index (χ0n) is 15.5. The number of nitro benzene ring substituents is 1. The van der Waals surface area contributed by atoms with E-state index in [9.17, 15) is 18.5 Å². The van der Waals surface area contributed by atoms with Crippen LogP contribution >= 0.6 is 0 Å². The largest absolute Gasteiger partial charge is 0.381 e. The molecule has 0 bridgehead atoms. The summed E-state index contributed by atoms with van der Waals surface area (Å²) in [5.74, 6) is 0. The lowest BCUT2D eigenvalue weighted by molar-refractivity contribution is -0.385. The molecule has 0 aliphatic heterocycles. The summed E-state index contributed by atoms with van der Waals surface area (Å²) in [5, 5.41) is 19.3. The second-order valence-electron chi connectivity index (χ2n) is 6.47. The minimum atomic E-state index is -4.04. The van der Waals surface area contributed by atoms with E-state index in [0.717, 1.165) is 22.8 Å². The zero-order valence-corrected chi connectivity index (χ0v) is 16.3. The highest BCUT2D eigenvalue weighted by Gasteiger charge is 2.17. The van der Waals surface area contributed by atoms with Gasteiger partial charge in [-0.25, -0.2) is 13.6 Å². The lowest BCUT2D eigenvalue weighted by atomic mass is 9.89. The number of hydrogen-bond donors (Lipinski definition) is 2. The third-order valence-corrected chi connectivity index (χ3v) is 5.95. The van der Waals surface area contributed by atoms with E-state index in [2.05, 4.69) is 26.1 Å². The third kappa shape index (κ3) is 3.86. The monoisotopic (exact) mass is 377 g/mol. The van der Waals surface area contributed by atoms with E-state index in [1.165, 1.54) is 28.8 Å². The van der Waals surface area contributed by atoms with Crippen molar-refractivity contribution in [3.63, 3.8) is 0 Å². The summed E-state index contributed by atoms with van der Waals surface area (Å²) in [6, 6.07) is 3.56. The Labute approximate surface area is 153 Å². The Morgan fingerprint density at radius 2 is 1.46 bits per heavy atom. The first-order valence-electron chi connectivity index (χ1n) is 8.05. The molecule has 3 N–H and O–H groups in total. The molecule has 0 spiro atoms. The molecular weight excluding hydrogens is 354 g/mol. The van der Waals surface area contributed by atoms with Crippen LogP contribution in [0.4, 0.5) is 11.4 Å². The van der Waals surface area contributed by atoms with E-state index < -0.39 is 14.9 Å². The van der Waals surface area contributed by atoms with Crippen molar-refractivity contribution in [1.82, 2.24) is 0 Å². The molecule has 2 rings (SSSR count). The fraction of sp³-hybridized carbons (Fsp3) is 0.333. The van der Waals surface area contributed by atoms with Crippen molar-refractivity contribution in [2.75, 3.05) is 5.32 Å². The Kier molecular flexibility index (Phi) is 5.39. The Hall–Kier alpha value is -2.45. The summed E-state index contributed by atoms with van der Waals surface area (Å²) >= 11 is 0. The number of rotatable bonds is 5. The van der Waals surface area contributed by atoms with Gasteiger partial charge >= 0.3 is 0 Å². The molecule has 0 saturated heterocycles. The molecule has 0 atom stereocenters. The lowest BCUT2D eigenvalue weighted by Crippen LogP contribution is -2.13. The quantitative estimate of drug-likeness (QED) is 0.612. The van der Waals surface area contributed by atoms with Crippen LogP contribution in [0.15, 0.2) is 23.1 Å². The Bertz CT molecular complexity index is 969. The molecule has 0 heterocycles. The van der Waals surface area contributed by atoms with Crippen LogP contribution in [0.25, 0.3) is 0 Å². The number of nitrogens with two attached hydrogens (primary N) is 1. The fourth-order valence-corrected chi connectivity index (χ4v) is 3.56. The van der Waals surface area contributed by atoms with Crippen LogP contribution in [0.5, 0.6) is 0 Å². The summed E-state index contributed by atoms with van der Waals surface area (Å²) < 4.78 is 23.2. The number of nitro groups is 1. The van der Waals surface area contributed by atoms with Crippen molar-refractivity contribution in [2.45, 2.75) is 46.1 Å². The van der Waals surface area contributed by atoms with Crippen LogP contribution in [0, 0.1) is 44.7 Å². The number of primary sulfonamides is 1. The Balaban J connectivity index is 2.45. The summed E-state index contributed by atoms with van der Waals surface area (Å²) in [5.41, 5.74) is 7.04. The molecule has 0 radical (unpaired) electrons. The van der Waals surface area contributed by atoms with Crippen LogP contribution in [-0.4, -0.2) is 13.3 Å². The number of sulfonamides is 1. The highest BCUT2D eigenvalue weighted by Crippen LogP contribution is 2.28. The first kappa shape index (κ1) is 19.9. The standard InChI is InChI=1S/C18H23N3O4S/c1-10-11(2)13(4)18(14(5)12(10)3)9-20-15-6-16(21(22)23)8-17(7-15)26(19,24)25/h6-8,20H,9H2,1-5H3,(H2,19,24,25). The van der Waals surface area contributed by atoms with Gasteiger partial charge in [0.25, 0.3) is 5.69 Å². The van der Waals surface area contributed by atoms with Crippen LogP contribution < -0.4 is 10.5 Å². The van der Waals surface area contributed by atoms with Gasteiger partial charge in [0.2, 0.25) is 10.0 Å². The second kappa shape index (κ2) is 7.05. The van der Waals surface area contributed by atoms with Gasteiger partial charge < -0.3 is 5.32 Å². The number of nitrogens with zero attached hydrogens (tertiary/aromatic N) is 1. The molecular formula is C18H23N3O4S. The molecule has 0 aliphatic rings. The predicted molar refractivity (Wildman–Crippen MR) is 102 cm³/mol. The van der Waals surface area contributed by atoms with Gasteiger partial charge in [-0.3, -0.25) is 10.1 Å². The first-order chi connectivity index (χ1) is 11.9. The van der Waals surface area contributed by atoms with E-state index in [1.807, 2.05) is 13.8 Å². The molecule has 0 aromatic heterocycles. The highest BCUT2D eigenvalue weighted by atomic mass is 32.2. The second-order valence-corrected chi connectivity index (χ2v) is 8.04. The van der Waals surface area contributed by atoms with E-state index in [0.29, 0.717) is 12.2 Å². The van der Waals surface area contributed by atoms with E-state index in [4.69, 9.17) is 5.14 Å². The first-order valence-corrected chi connectivity index (χ1v) is 9.60. The molecule has 2 aromatic rings. The Morgan fingerprint density at radius 1 is 0.962 bits per heavy atom. The van der Waals surface area contributed by atoms with Crippen LogP contribution in [-0.2, 0) is 16.6 Å². The number of benzene rings is 2. The summed E-state index contributed by atoms with van der Waals surface area (Å²) in [4.78, 5) is 10.1. The van der Waals surface area contributed by atoms with Crippen molar-refractivity contribution in [2.24, 2.45) is 5.14 Å². The maximum atomic E-state index is 11.6. The molecule has 140 valence electrons. The minimum Gasteiger partial charge on any atom is -0.381 e. The fourth-order valence-electron chi connectivity index (χ4n) is 2.99. The molecule has 2 aromatic carbocycles. The smallest absolute Gasteiger partial charge is 0.272 e. The summed E-state index contributed by atoms with van der Waals surface area (Å²) in [7, 11) is -4.04. The van der Waals surface area contributed by atoms with Gasteiger partial charge in [-0.15, -0.1) is 0 Å². The minimum absolute atomic E-state index is 0.293. The average molecular weight is 377 g/mol. The van der Waals surface area contributed by atoms with Crippen molar-refractivity contribution >= 4 is 21.4 Å². The van der Waals surface area contributed by atoms with Gasteiger partial charge in [-0.2, -0.15) is 0 Å². The van der Waals surface area contributed by atoms with Crippen molar-refractivity contribution < 1.29 is 13.3 Å². The maximum absolute atomic E-state index is 11.6. The molecule has 0 saturated carbocycles. The average Bonchev–Trinajstić information content (AvgIpc) is 2.57. The number of anilines is 1. The van der Waals surface area contributed by atoms with Gasteiger partial charge in [0.05, 0.1) is 9.82 Å². The molecule has 0 amide bonds. The Morgan fingerprint density at radius 3 is 1.92 bits per heavy atom. The van der Waals surface area contributed by atoms with Crippen molar-refractivity contribution in [3.05, 3.63) is 61.7 Å². The number of nitrogens with one attached hydrogen (secondary N) is 1. The van der Waals surface area contributed by atoms with Gasteiger partial charge in [0, 0.05) is 24.4 Å². The van der Waals surface area contributed by atoms with Crippen LogP contribution in [0.2, 0.25) is 0 Å². The molecule has 0 fully saturated rings. The normalized spacial score (nSPS) is 11.5. The third-order valence-electron chi connectivity index (χ3n) is 5.06. The lowest BCUT2D eigenvalue weighted by Gasteiger charge is -2.19. The van der Waals surface area contributed by atoms with Gasteiger partial charge in [0.15, 0.2) is 0 Å². The van der Waals surface area contributed by atoms with E-state index in [-0.39, 0.29) is 10.6 Å². The van der Waals surface area contributed by atoms with Crippen molar-refractivity contribution in [3.8, 4) is 0 Å². The molecule has 8 heteroatoms. The summed E-state index contributed by atoms with van der Waals surface area (Å²) in [6.45, 7) is 10.7. The van der Waals surface area contributed by atoms with E-state index >= 15 is 0 Å². The van der Waals surface area contributed by atoms with Gasteiger partial charge in [-0.05, 0) is 74.1 Å². The topological polar surface area (TPSA) is 115 Å². The molecule has 0 unspecified atom stereocenters. The molecule has 26 heavy (non-hydrogen) atoms. The predicted octanol–water partition coefficient (Wildman–Crippen LogP) is 3.40. The number of hydrogen-bond acceptors (Lipinski definition) is 5. The highest BCUT2D eigenvalue weighted by molar-refractivity contribution is 7.89. The van der Waals surface area contributed by atoms with Gasteiger partial charge in [0.1, 0.15) is 0 Å². The summed E-state index contributed by atoms with van der Waals surface area (Å²) in [6.07, 6.45) is 0. The molecule has 0 aliphatic carbocycles. The maximum Gasteiger partial charge on any atom is 0.272 e. The van der Waals surface area contributed by atoms with Crippen molar-refractivity contribution in [1.29, 1.82) is 0 Å². The number of non-ortho nitro benzene ring substituents is 1.